The highest BCUT2D eigenvalue weighted by Crippen LogP contribution is 2.21. The lowest BCUT2D eigenvalue weighted by Crippen LogP contribution is -2.49. The lowest BCUT2D eigenvalue weighted by molar-refractivity contribution is -0.137. The molecule has 1 saturated heterocycles. The Morgan fingerprint density at radius 3 is 1.93 bits per heavy atom. The Bertz CT molecular complexity index is 775. The van der Waals surface area contributed by atoms with E-state index in [1.165, 1.54) is 16.7 Å². The predicted molar refractivity (Wildman–Crippen MR) is 118 cm³/mol. The van der Waals surface area contributed by atoms with Gasteiger partial charge in [0.25, 0.3) is 0 Å². The monoisotopic (exact) mass is 394 g/mol. The van der Waals surface area contributed by atoms with Crippen molar-refractivity contribution in [2.75, 3.05) is 33.2 Å². The number of benzene rings is 2. The second-order valence-corrected chi connectivity index (χ2v) is 8.53. The smallest absolute Gasteiger partial charge is 0.226 e. The van der Waals surface area contributed by atoms with Crippen LogP contribution in [0.5, 0.6) is 5.75 Å². The highest BCUT2D eigenvalue weighted by Gasteiger charge is 2.27. The molecule has 1 fully saturated rings. The van der Waals surface area contributed by atoms with E-state index in [0.717, 1.165) is 44.8 Å². The number of aryl methyl sites for hydroxylation is 1. The Morgan fingerprint density at radius 2 is 1.41 bits per heavy atom. The van der Waals surface area contributed by atoms with Crippen LogP contribution in [0.2, 0.25) is 0 Å². The zero-order valence-corrected chi connectivity index (χ0v) is 18.2. The number of hydrogen-bond acceptors (Lipinski definition) is 3. The number of piperazine rings is 1. The van der Waals surface area contributed by atoms with Crippen molar-refractivity contribution in [2.24, 2.45) is 5.92 Å². The Kier molecular flexibility index (Phi) is 7.32. The van der Waals surface area contributed by atoms with E-state index in [0.29, 0.717) is 0 Å². The number of ether oxygens (including phenoxy) is 1. The Hall–Kier alpha value is -2.33. The number of hydrogen-bond donors (Lipinski definition) is 0. The number of nitrogens with zero attached hydrogens (tertiary/aromatic N) is 2. The van der Waals surface area contributed by atoms with Gasteiger partial charge in [-0.25, -0.2) is 0 Å². The van der Waals surface area contributed by atoms with Gasteiger partial charge in [0.1, 0.15) is 5.75 Å². The molecule has 0 bridgehead atoms. The number of rotatable bonds is 7. The van der Waals surface area contributed by atoms with E-state index in [1.807, 2.05) is 26.0 Å². The van der Waals surface area contributed by atoms with Crippen molar-refractivity contribution < 1.29 is 9.53 Å². The van der Waals surface area contributed by atoms with Crippen LogP contribution in [0.1, 0.15) is 30.5 Å². The van der Waals surface area contributed by atoms with Gasteiger partial charge in [-0.1, -0.05) is 42.0 Å². The second kappa shape index (κ2) is 9.93. The Morgan fingerprint density at radius 1 is 0.897 bits per heavy atom. The zero-order chi connectivity index (χ0) is 20.8. The van der Waals surface area contributed by atoms with Crippen LogP contribution < -0.4 is 4.74 Å². The summed E-state index contributed by atoms with van der Waals surface area (Å²) in [5, 5.41) is 0. The molecule has 1 aliphatic rings. The molecule has 0 spiro atoms. The largest absolute Gasteiger partial charge is 0.491 e. The molecule has 1 atom stereocenters. The summed E-state index contributed by atoms with van der Waals surface area (Å²) in [7, 11) is 2.12. The van der Waals surface area contributed by atoms with E-state index in [-0.39, 0.29) is 17.9 Å². The first-order valence-corrected chi connectivity index (χ1v) is 10.7. The molecular formula is C25H34N2O2. The van der Waals surface area contributed by atoms with Crippen molar-refractivity contribution in [1.29, 1.82) is 0 Å². The van der Waals surface area contributed by atoms with Gasteiger partial charge in [0.2, 0.25) is 5.91 Å². The molecule has 29 heavy (non-hydrogen) atoms. The SMILES string of the molecule is Cc1ccc(CC(Cc2ccc(OC(C)C)cc2)C(=O)N2CCN(C)CC2)cc1. The Labute approximate surface area is 175 Å². The molecule has 0 aromatic heterocycles. The summed E-state index contributed by atoms with van der Waals surface area (Å²) in [4.78, 5) is 17.7. The van der Waals surface area contributed by atoms with Crippen LogP contribution in [0.3, 0.4) is 0 Å². The molecule has 4 nitrogen and oxygen atoms in total. The average Bonchev–Trinajstić information content (AvgIpc) is 2.70. The summed E-state index contributed by atoms with van der Waals surface area (Å²) in [5.74, 6) is 1.11. The minimum Gasteiger partial charge on any atom is -0.491 e. The van der Waals surface area contributed by atoms with Gasteiger partial charge in [0.15, 0.2) is 0 Å². The van der Waals surface area contributed by atoms with Crippen LogP contribution in [0.15, 0.2) is 48.5 Å². The van der Waals surface area contributed by atoms with Crippen LogP contribution in [0.4, 0.5) is 0 Å². The third-order valence-corrected chi connectivity index (χ3v) is 5.54. The van der Waals surface area contributed by atoms with Gasteiger partial charge in [-0.15, -0.1) is 0 Å². The number of carbonyl (C=O) groups is 1. The molecule has 1 heterocycles. The topological polar surface area (TPSA) is 32.8 Å². The molecule has 2 aromatic rings. The molecule has 0 radical (unpaired) electrons. The van der Waals surface area contributed by atoms with E-state index in [1.54, 1.807) is 0 Å². The third kappa shape index (κ3) is 6.33. The first kappa shape index (κ1) is 21.4. The maximum atomic E-state index is 13.4. The molecule has 0 aliphatic carbocycles. The van der Waals surface area contributed by atoms with Crippen molar-refractivity contribution in [2.45, 2.75) is 39.7 Å². The lowest BCUT2D eigenvalue weighted by atomic mass is 9.90. The molecular weight excluding hydrogens is 360 g/mol. The van der Waals surface area contributed by atoms with E-state index in [4.69, 9.17) is 4.74 Å². The highest BCUT2D eigenvalue weighted by molar-refractivity contribution is 5.79. The van der Waals surface area contributed by atoms with Gasteiger partial charge >= 0.3 is 0 Å². The maximum Gasteiger partial charge on any atom is 0.226 e. The van der Waals surface area contributed by atoms with Crippen molar-refractivity contribution in [3.63, 3.8) is 0 Å². The number of amides is 1. The van der Waals surface area contributed by atoms with Gasteiger partial charge in [0.05, 0.1) is 6.10 Å². The van der Waals surface area contributed by atoms with Crippen molar-refractivity contribution in [3.05, 3.63) is 65.2 Å². The van der Waals surface area contributed by atoms with Crippen LogP contribution in [0.25, 0.3) is 0 Å². The zero-order valence-electron chi connectivity index (χ0n) is 18.2. The van der Waals surface area contributed by atoms with Gasteiger partial charge in [-0.3, -0.25) is 4.79 Å². The predicted octanol–water partition coefficient (Wildman–Crippen LogP) is 3.96. The average molecular weight is 395 g/mol. The van der Waals surface area contributed by atoms with Crippen molar-refractivity contribution in [3.8, 4) is 5.75 Å². The molecule has 0 saturated carbocycles. The quantitative estimate of drug-likeness (QED) is 0.713. The summed E-state index contributed by atoms with van der Waals surface area (Å²) in [5.41, 5.74) is 3.65. The van der Waals surface area contributed by atoms with E-state index in [2.05, 4.69) is 60.2 Å². The second-order valence-electron chi connectivity index (χ2n) is 8.53. The van der Waals surface area contributed by atoms with Gasteiger partial charge in [0, 0.05) is 32.1 Å². The molecule has 1 unspecified atom stereocenters. The molecule has 4 heteroatoms. The first-order valence-electron chi connectivity index (χ1n) is 10.7. The minimum atomic E-state index is -0.0435. The summed E-state index contributed by atoms with van der Waals surface area (Å²) in [6.45, 7) is 9.69. The summed E-state index contributed by atoms with van der Waals surface area (Å²) in [6, 6.07) is 16.8. The summed E-state index contributed by atoms with van der Waals surface area (Å²) < 4.78 is 5.75. The van der Waals surface area contributed by atoms with Gasteiger partial charge < -0.3 is 14.5 Å². The standard InChI is InChI=1S/C25H34N2O2/c1-19(2)29-24-11-9-22(10-12-24)18-23(17-21-7-5-20(3)6-8-21)25(28)27-15-13-26(4)14-16-27/h5-12,19,23H,13-18H2,1-4H3. The van der Waals surface area contributed by atoms with E-state index >= 15 is 0 Å². The highest BCUT2D eigenvalue weighted by atomic mass is 16.5. The van der Waals surface area contributed by atoms with Crippen LogP contribution >= 0.6 is 0 Å². The van der Waals surface area contributed by atoms with Crippen LogP contribution in [-0.2, 0) is 17.6 Å². The van der Waals surface area contributed by atoms with E-state index < -0.39 is 0 Å². The molecule has 2 aromatic carbocycles. The number of carbonyl (C=O) groups excluding carboxylic acids is 1. The normalized spacial score (nSPS) is 16.1. The fourth-order valence-electron chi connectivity index (χ4n) is 3.80. The molecule has 0 N–H and O–H groups in total. The third-order valence-electron chi connectivity index (χ3n) is 5.54. The number of likely N-dealkylation sites (N-methyl/N-ethyl adjacent to an activating group) is 1. The van der Waals surface area contributed by atoms with Crippen molar-refractivity contribution in [1.82, 2.24) is 9.80 Å². The van der Waals surface area contributed by atoms with Gasteiger partial charge in [-0.05, 0) is 63.9 Å². The fraction of sp³-hybridized carbons (Fsp3) is 0.480. The molecule has 1 amide bonds. The van der Waals surface area contributed by atoms with Crippen LogP contribution in [0, 0.1) is 12.8 Å². The first-order chi connectivity index (χ1) is 13.9. The summed E-state index contributed by atoms with van der Waals surface area (Å²) in [6.07, 6.45) is 1.69. The van der Waals surface area contributed by atoms with E-state index in [9.17, 15) is 4.79 Å². The molecule has 156 valence electrons. The summed E-state index contributed by atoms with van der Waals surface area (Å²) >= 11 is 0. The maximum absolute atomic E-state index is 13.4. The van der Waals surface area contributed by atoms with Crippen LogP contribution in [-0.4, -0.2) is 55.0 Å². The fourth-order valence-corrected chi connectivity index (χ4v) is 3.80. The van der Waals surface area contributed by atoms with Crippen molar-refractivity contribution >= 4 is 5.91 Å². The molecule has 1 aliphatic heterocycles. The molecule has 3 rings (SSSR count). The lowest BCUT2D eigenvalue weighted by Gasteiger charge is -2.34. The minimum absolute atomic E-state index is 0.0435. The Balaban J connectivity index is 1.74. The van der Waals surface area contributed by atoms with Gasteiger partial charge in [-0.2, -0.15) is 0 Å².